The van der Waals surface area contributed by atoms with E-state index in [4.69, 9.17) is 32.9 Å². The van der Waals surface area contributed by atoms with Gasteiger partial charge in [-0.1, -0.05) is 53.5 Å². The third kappa shape index (κ3) is 5.81. The van der Waals surface area contributed by atoms with E-state index in [0.29, 0.717) is 33.0 Å². The number of hydrogen-bond donors (Lipinski definition) is 1. The van der Waals surface area contributed by atoms with Gasteiger partial charge in [-0.15, -0.1) is 11.3 Å². The minimum absolute atomic E-state index is 0.127. The molecule has 0 aliphatic heterocycles. The molecule has 4 aromatic rings. The summed E-state index contributed by atoms with van der Waals surface area (Å²) in [7, 11) is 0. The van der Waals surface area contributed by atoms with Gasteiger partial charge in [-0.3, -0.25) is 4.79 Å². The van der Waals surface area contributed by atoms with Gasteiger partial charge in [0.05, 0.1) is 5.56 Å². The molecule has 1 amide bonds. The van der Waals surface area contributed by atoms with E-state index in [9.17, 15) is 4.79 Å². The van der Waals surface area contributed by atoms with Crippen LogP contribution in [0.25, 0.3) is 0 Å². The van der Waals surface area contributed by atoms with E-state index < -0.39 is 0 Å². The summed E-state index contributed by atoms with van der Waals surface area (Å²) >= 11 is 13.9. The standard InChI is InChI=1S/C29H24Cl2N2O2S/c30-21-12-10-19(11-13-21)18-35-25-15-14-22(31)16-20(25)17-32-29-27(24-8-4-5-9-26(24)36-29)28(34)33-23-6-2-1-3-7-23/h1-3,6-7,10-17H,4-5,8-9,18H2,(H,33,34). The average molecular weight is 535 g/mol. The molecule has 1 aliphatic rings. The number of aryl methyl sites for hydroxylation is 1. The highest BCUT2D eigenvalue weighted by Crippen LogP contribution is 2.40. The van der Waals surface area contributed by atoms with Crippen LogP contribution in [0.4, 0.5) is 10.7 Å². The maximum absolute atomic E-state index is 13.4. The van der Waals surface area contributed by atoms with E-state index in [-0.39, 0.29) is 5.91 Å². The molecule has 1 aromatic heterocycles. The molecule has 1 aliphatic carbocycles. The van der Waals surface area contributed by atoms with Crippen molar-refractivity contribution >= 4 is 57.3 Å². The van der Waals surface area contributed by atoms with Crippen molar-refractivity contribution in [2.24, 2.45) is 4.99 Å². The first-order chi connectivity index (χ1) is 17.6. The van der Waals surface area contributed by atoms with Crippen LogP contribution < -0.4 is 10.1 Å². The van der Waals surface area contributed by atoms with Crippen molar-refractivity contribution in [3.63, 3.8) is 0 Å². The van der Waals surface area contributed by atoms with Crippen LogP contribution in [-0.4, -0.2) is 12.1 Å². The van der Waals surface area contributed by atoms with Gasteiger partial charge < -0.3 is 10.1 Å². The molecule has 7 heteroatoms. The predicted octanol–water partition coefficient (Wildman–Crippen LogP) is 8.52. The fourth-order valence-electron chi connectivity index (χ4n) is 4.21. The zero-order valence-electron chi connectivity index (χ0n) is 19.5. The second kappa shape index (κ2) is 11.3. The summed E-state index contributed by atoms with van der Waals surface area (Å²) in [4.78, 5) is 19.4. The summed E-state index contributed by atoms with van der Waals surface area (Å²) in [5.74, 6) is 0.535. The second-order valence-corrected chi connectivity index (χ2v) is 10.5. The van der Waals surface area contributed by atoms with Gasteiger partial charge in [-0.25, -0.2) is 4.99 Å². The summed E-state index contributed by atoms with van der Waals surface area (Å²) in [6.45, 7) is 0.387. The summed E-state index contributed by atoms with van der Waals surface area (Å²) in [6.07, 6.45) is 5.82. The number of halogens is 2. The fraction of sp³-hybridized carbons (Fsp3) is 0.172. The summed E-state index contributed by atoms with van der Waals surface area (Å²) in [5.41, 5.74) is 4.30. The van der Waals surface area contributed by atoms with Crippen LogP contribution >= 0.6 is 34.5 Å². The van der Waals surface area contributed by atoms with Crippen molar-refractivity contribution in [1.82, 2.24) is 0 Å². The lowest BCUT2D eigenvalue weighted by Gasteiger charge is -2.13. The molecule has 0 saturated heterocycles. The Hall–Kier alpha value is -3.12. The van der Waals surface area contributed by atoms with Gasteiger partial charge in [-0.05, 0) is 79.3 Å². The number of carbonyl (C=O) groups excluding carboxylic acids is 1. The first-order valence-corrected chi connectivity index (χ1v) is 13.4. The third-order valence-corrected chi connectivity index (χ3v) is 7.70. The molecule has 0 fully saturated rings. The highest BCUT2D eigenvalue weighted by Gasteiger charge is 2.25. The normalized spacial score (nSPS) is 12.9. The topological polar surface area (TPSA) is 50.7 Å². The number of aliphatic imine (C=N–C) groups is 1. The van der Waals surface area contributed by atoms with Crippen LogP contribution in [0.15, 0.2) is 77.8 Å². The zero-order valence-corrected chi connectivity index (χ0v) is 21.8. The molecule has 5 rings (SSSR count). The van der Waals surface area contributed by atoms with Crippen LogP contribution in [0.3, 0.4) is 0 Å². The molecule has 0 radical (unpaired) electrons. The lowest BCUT2D eigenvalue weighted by Crippen LogP contribution is -2.14. The Kier molecular flexibility index (Phi) is 7.71. The number of fused-ring (bicyclic) bond motifs is 1. The minimum Gasteiger partial charge on any atom is -0.488 e. The number of nitrogens with zero attached hydrogens (tertiary/aromatic N) is 1. The van der Waals surface area contributed by atoms with E-state index in [2.05, 4.69) is 5.32 Å². The van der Waals surface area contributed by atoms with Gasteiger partial charge >= 0.3 is 0 Å². The quantitative estimate of drug-likeness (QED) is 0.241. The van der Waals surface area contributed by atoms with Crippen molar-refractivity contribution in [3.8, 4) is 5.75 Å². The van der Waals surface area contributed by atoms with Crippen molar-refractivity contribution in [2.45, 2.75) is 32.3 Å². The molecule has 3 aromatic carbocycles. The van der Waals surface area contributed by atoms with Gasteiger partial charge in [0.25, 0.3) is 5.91 Å². The molecule has 182 valence electrons. The van der Waals surface area contributed by atoms with Gasteiger partial charge in [0.15, 0.2) is 0 Å². The Morgan fingerprint density at radius 3 is 2.53 bits per heavy atom. The Labute approximate surface area is 224 Å². The number of benzene rings is 3. The molecule has 1 N–H and O–H groups in total. The van der Waals surface area contributed by atoms with E-state index >= 15 is 0 Å². The van der Waals surface area contributed by atoms with Crippen molar-refractivity contribution in [3.05, 3.63) is 110 Å². The molecule has 0 spiro atoms. The molecular formula is C29H24Cl2N2O2S. The lowest BCUT2D eigenvalue weighted by molar-refractivity contribution is 0.102. The van der Waals surface area contributed by atoms with Crippen LogP contribution in [0.1, 0.15) is 44.8 Å². The van der Waals surface area contributed by atoms with E-state index in [1.54, 1.807) is 23.6 Å². The molecule has 1 heterocycles. The van der Waals surface area contributed by atoms with E-state index in [1.807, 2.05) is 66.7 Å². The number of para-hydroxylation sites is 1. The number of anilines is 1. The van der Waals surface area contributed by atoms with Crippen LogP contribution in [0.2, 0.25) is 10.0 Å². The van der Waals surface area contributed by atoms with Gasteiger partial charge in [0.2, 0.25) is 0 Å². The Morgan fingerprint density at radius 1 is 0.972 bits per heavy atom. The Balaban J connectivity index is 1.43. The highest BCUT2D eigenvalue weighted by atomic mass is 35.5. The Morgan fingerprint density at radius 2 is 1.72 bits per heavy atom. The number of thiophene rings is 1. The first-order valence-electron chi connectivity index (χ1n) is 11.8. The van der Waals surface area contributed by atoms with Crippen molar-refractivity contribution < 1.29 is 9.53 Å². The van der Waals surface area contributed by atoms with Crippen molar-refractivity contribution in [2.75, 3.05) is 5.32 Å². The third-order valence-electron chi connectivity index (χ3n) is 6.01. The lowest BCUT2D eigenvalue weighted by atomic mass is 9.95. The van der Waals surface area contributed by atoms with Gasteiger partial charge in [-0.2, -0.15) is 0 Å². The summed E-state index contributed by atoms with van der Waals surface area (Å²) in [6, 6.07) is 22.5. The van der Waals surface area contributed by atoms with Crippen LogP contribution in [-0.2, 0) is 19.4 Å². The molecule has 36 heavy (non-hydrogen) atoms. The maximum Gasteiger partial charge on any atom is 0.259 e. The average Bonchev–Trinajstić information content (AvgIpc) is 3.27. The van der Waals surface area contributed by atoms with E-state index in [1.165, 1.54) is 4.88 Å². The fourth-order valence-corrected chi connectivity index (χ4v) is 5.75. The number of rotatable bonds is 7. The van der Waals surface area contributed by atoms with E-state index in [0.717, 1.165) is 48.1 Å². The molecule has 0 saturated carbocycles. The predicted molar refractivity (Wildman–Crippen MR) is 150 cm³/mol. The molecule has 4 nitrogen and oxygen atoms in total. The first kappa shape index (κ1) is 24.6. The van der Waals surface area contributed by atoms with Crippen molar-refractivity contribution in [1.29, 1.82) is 0 Å². The largest absolute Gasteiger partial charge is 0.488 e. The number of carbonyl (C=O) groups is 1. The number of ether oxygens (including phenoxy) is 1. The summed E-state index contributed by atoms with van der Waals surface area (Å²) < 4.78 is 6.08. The van der Waals surface area contributed by atoms with Crippen LogP contribution in [0, 0.1) is 0 Å². The number of nitrogens with one attached hydrogen (secondary N) is 1. The molecular weight excluding hydrogens is 511 g/mol. The van der Waals surface area contributed by atoms with Gasteiger partial charge in [0.1, 0.15) is 17.4 Å². The van der Waals surface area contributed by atoms with Gasteiger partial charge in [0, 0.05) is 32.4 Å². The monoisotopic (exact) mass is 534 g/mol. The smallest absolute Gasteiger partial charge is 0.259 e. The Bertz CT molecular complexity index is 1400. The summed E-state index contributed by atoms with van der Waals surface area (Å²) in [5, 5.41) is 5.01. The molecule has 0 atom stereocenters. The number of amides is 1. The molecule has 0 unspecified atom stereocenters. The zero-order chi connectivity index (χ0) is 24.9. The molecule has 0 bridgehead atoms. The minimum atomic E-state index is -0.127. The maximum atomic E-state index is 13.4. The second-order valence-electron chi connectivity index (χ2n) is 8.57. The number of hydrogen-bond acceptors (Lipinski definition) is 4. The SMILES string of the molecule is O=C(Nc1ccccc1)c1c(N=Cc2cc(Cl)ccc2OCc2ccc(Cl)cc2)sc2c1CCCC2. The van der Waals surface area contributed by atoms with Crippen LogP contribution in [0.5, 0.6) is 5.75 Å². The highest BCUT2D eigenvalue weighted by molar-refractivity contribution is 7.16.